The minimum atomic E-state index is -1.42. The summed E-state index contributed by atoms with van der Waals surface area (Å²) in [5.74, 6) is -1.56. The molecule has 2 aromatic carbocycles. The van der Waals surface area contributed by atoms with Crippen LogP contribution in [0, 0.1) is 0 Å². The van der Waals surface area contributed by atoms with Crippen molar-refractivity contribution in [2.45, 2.75) is 34.6 Å². The second kappa shape index (κ2) is 9.51. The number of carbonyl (C=O) groups excluding carboxylic acids is 2. The van der Waals surface area contributed by atoms with E-state index in [9.17, 15) is 19.8 Å². The second-order valence-electron chi connectivity index (χ2n) is 7.07. The molecule has 29 heavy (non-hydrogen) atoms. The first-order valence-electron chi connectivity index (χ1n) is 9.33. The van der Waals surface area contributed by atoms with E-state index < -0.39 is 11.5 Å². The van der Waals surface area contributed by atoms with Gasteiger partial charge >= 0.3 is 51.4 Å². The number of aliphatic carboxylic acids is 1. The van der Waals surface area contributed by atoms with Crippen LogP contribution >= 0.6 is 11.8 Å². The molecule has 1 N–H and O–H groups in total. The molecule has 0 spiro atoms. The van der Waals surface area contributed by atoms with Crippen LogP contribution in [0.1, 0.15) is 19.3 Å². The molecule has 2 aliphatic heterocycles. The zero-order valence-electron chi connectivity index (χ0n) is 16.3. The largest absolute Gasteiger partial charge is 1.00 e. The number of likely N-dealkylation sites (tertiary alicyclic amines) is 1. The summed E-state index contributed by atoms with van der Waals surface area (Å²) >= 11 is 1.65. The summed E-state index contributed by atoms with van der Waals surface area (Å²) in [6.45, 7) is 0.0948. The Morgan fingerprint density at radius 3 is 2.21 bits per heavy atom. The predicted octanol–water partition coefficient (Wildman–Crippen LogP) is -1.21. The maximum Gasteiger partial charge on any atom is 1.00 e. The van der Waals surface area contributed by atoms with Gasteiger partial charge in [0, 0.05) is 22.9 Å². The Morgan fingerprint density at radius 1 is 1.07 bits per heavy atom. The molecule has 4 rings (SSSR count). The van der Waals surface area contributed by atoms with E-state index in [-0.39, 0.29) is 76.9 Å². The molecule has 2 aromatic rings. The summed E-state index contributed by atoms with van der Waals surface area (Å²) in [4.78, 5) is 30.6. The Balaban J connectivity index is 0.00000240. The van der Waals surface area contributed by atoms with Gasteiger partial charge in [-0.25, -0.2) is 0 Å². The van der Waals surface area contributed by atoms with Crippen molar-refractivity contribution >= 4 is 35.0 Å². The Morgan fingerprint density at radius 2 is 1.66 bits per heavy atom. The third-order valence-corrected chi connectivity index (χ3v) is 6.65. The van der Waals surface area contributed by atoms with Crippen LogP contribution in [0.25, 0.3) is 0 Å². The number of benzene rings is 2. The van der Waals surface area contributed by atoms with Gasteiger partial charge in [-0.2, -0.15) is 0 Å². The van der Waals surface area contributed by atoms with E-state index in [4.69, 9.17) is 0 Å². The van der Waals surface area contributed by atoms with Crippen LogP contribution in [0.2, 0.25) is 0 Å². The number of aliphatic hydroxyl groups is 1. The fourth-order valence-corrected chi connectivity index (χ4v) is 5.27. The van der Waals surface area contributed by atoms with Gasteiger partial charge in [0.15, 0.2) is 0 Å². The van der Waals surface area contributed by atoms with Crippen LogP contribution in [0.5, 0.6) is 0 Å². The molecule has 0 bridgehead atoms. The molecule has 2 heterocycles. The average molecular weight is 437 g/mol. The minimum Gasteiger partial charge on any atom is -0.548 e. The van der Waals surface area contributed by atoms with Gasteiger partial charge in [-0.05, 0) is 43.5 Å². The van der Waals surface area contributed by atoms with Crippen molar-refractivity contribution in [1.82, 2.24) is 4.90 Å². The zero-order valence-corrected chi connectivity index (χ0v) is 20.3. The third kappa shape index (κ3) is 4.16. The average Bonchev–Trinajstić information content (AvgIpc) is 3.13. The van der Waals surface area contributed by atoms with Crippen molar-refractivity contribution in [1.29, 1.82) is 0 Å². The van der Waals surface area contributed by atoms with Crippen LogP contribution in [0.15, 0.2) is 58.3 Å². The number of carbonyl (C=O) groups is 2. The molecule has 2 aliphatic rings. The molecule has 0 radical (unpaired) electrons. The fraction of sp³-hybridized carbons (Fsp3) is 0.333. The first-order chi connectivity index (χ1) is 13.6. The number of aliphatic hydroxyl groups excluding tert-OH is 1. The molecule has 8 heteroatoms. The number of para-hydroxylation sites is 2. The quantitative estimate of drug-likeness (QED) is 0.592. The summed E-state index contributed by atoms with van der Waals surface area (Å²) in [6, 6.07) is 15.7. The molecule has 146 valence electrons. The first kappa shape index (κ1) is 22.8. The van der Waals surface area contributed by atoms with Gasteiger partial charge in [0.2, 0.25) is 5.91 Å². The number of anilines is 2. The SMILES string of the molecule is O=C(CN1c2ccccc2Sc2ccccc21)N1CCCC1(CCO)C(=O)[O-].[K+]. The molecule has 1 unspecified atom stereocenters. The molecule has 0 saturated carbocycles. The number of rotatable bonds is 5. The Labute approximate surface area is 216 Å². The van der Waals surface area contributed by atoms with E-state index in [1.165, 1.54) is 4.90 Å². The molecule has 1 atom stereocenters. The number of carboxylic acids is 1. The van der Waals surface area contributed by atoms with Gasteiger partial charge in [0.05, 0.1) is 22.9 Å². The third-order valence-electron chi connectivity index (χ3n) is 5.52. The van der Waals surface area contributed by atoms with E-state index in [0.29, 0.717) is 19.4 Å². The fourth-order valence-electron chi connectivity index (χ4n) is 4.17. The Hall–Kier alpha value is -0.874. The zero-order chi connectivity index (χ0) is 19.7. The summed E-state index contributed by atoms with van der Waals surface area (Å²) in [6.07, 6.45) is 0.886. The smallest absolute Gasteiger partial charge is 0.548 e. The molecule has 0 aromatic heterocycles. The van der Waals surface area contributed by atoms with Crippen molar-refractivity contribution in [3.05, 3.63) is 48.5 Å². The van der Waals surface area contributed by atoms with Gasteiger partial charge < -0.3 is 24.8 Å². The van der Waals surface area contributed by atoms with Gasteiger partial charge in [-0.3, -0.25) is 4.79 Å². The van der Waals surface area contributed by atoms with Crippen molar-refractivity contribution in [2.24, 2.45) is 0 Å². The second-order valence-corrected chi connectivity index (χ2v) is 8.15. The minimum absolute atomic E-state index is 0. The number of hydrogen-bond acceptors (Lipinski definition) is 6. The predicted molar refractivity (Wildman–Crippen MR) is 104 cm³/mol. The number of nitrogens with zero attached hydrogens (tertiary/aromatic N) is 2. The van der Waals surface area contributed by atoms with Crippen LogP contribution in [-0.4, -0.2) is 47.1 Å². The molecule has 1 saturated heterocycles. The van der Waals surface area contributed by atoms with E-state index in [0.717, 1.165) is 21.2 Å². The number of hydrogen-bond donors (Lipinski definition) is 1. The number of fused-ring (bicyclic) bond motifs is 2. The monoisotopic (exact) mass is 436 g/mol. The van der Waals surface area contributed by atoms with Crippen molar-refractivity contribution in [2.75, 3.05) is 24.6 Å². The summed E-state index contributed by atoms with van der Waals surface area (Å²) in [5, 5.41) is 21.3. The summed E-state index contributed by atoms with van der Waals surface area (Å²) < 4.78 is 0. The van der Waals surface area contributed by atoms with Gasteiger partial charge in [-0.15, -0.1) is 0 Å². The van der Waals surface area contributed by atoms with E-state index in [2.05, 4.69) is 0 Å². The van der Waals surface area contributed by atoms with Crippen LogP contribution in [0.4, 0.5) is 11.4 Å². The molecule has 1 amide bonds. The first-order valence-corrected chi connectivity index (χ1v) is 10.1. The number of carboxylic acid groups (broad SMARTS) is 1. The topological polar surface area (TPSA) is 83.9 Å². The van der Waals surface area contributed by atoms with Gasteiger partial charge in [0.25, 0.3) is 0 Å². The van der Waals surface area contributed by atoms with Crippen molar-refractivity contribution < 1.29 is 71.2 Å². The Kier molecular flexibility index (Phi) is 7.48. The molecule has 1 fully saturated rings. The Bertz CT molecular complexity index is 880. The van der Waals surface area contributed by atoms with Crippen molar-refractivity contribution in [3.63, 3.8) is 0 Å². The van der Waals surface area contributed by atoms with Gasteiger partial charge in [-0.1, -0.05) is 36.0 Å². The standard InChI is InChI=1S/C21H22N2O4S.K/c24-13-11-21(20(26)27)10-5-12-23(21)19(25)14-22-15-6-1-3-8-17(15)28-18-9-4-2-7-16(18)22;/h1-4,6-9,24H,5,10-14H2,(H,26,27);/q;+1/p-1. The van der Waals surface area contributed by atoms with Crippen molar-refractivity contribution in [3.8, 4) is 0 Å². The molecular weight excluding hydrogens is 415 g/mol. The maximum absolute atomic E-state index is 13.2. The summed E-state index contributed by atoms with van der Waals surface area (Å²) in [5.41, 5.74) is 0.440. The molecular formula is C21H21KN2O4S. The number of amides is 1. The maximum atomic E-state index is 13.2. The van der Waals surface area contributed by atoms with Gasteiger partial charge in [0.1, 0.15) is 6.54 Å². The summed E-state index contributed by atoms with van der Waals surface area (Å²) in [7, 11) is 0. The van der Waals surface area contributed by atoms with Crippen LogP contribution in [0.3, 0.4) is 0 Å². The van der Waals surface area contributed by atoms with Crippen LogP contribution < -0.4 is 61.4 Å². The molecule has 6 nitrogen and oxygen atoms in total. The van der Waals surface area contributed by atoms with E-state index in [1.54, 1.807) is 11.8 Å². The molecule has 0 aliphatic carbocycles. The normalized spacial score (nSPS) is 19.9. The van der Waals surface area contributed by atoms with Crippen LogP contribution in [-0.2, 0) is 9.59 Å². The van der Waals surface area contributed by atoms with E-state index in [1.807, 2.05) is 53.4 Å². The van der Waals surface area contributed by atoms with E-state index >= 15 is 0 Å².